The number of amides is 1. The highest BCUT2D eigenvalue weighted by molar-refractivity contribution is 5.92. The number of nitrogens with one attached hydrogen (secondary N) is 1. The lowest BCUT2D eigenvalue weighted by Gasteiger charge is -2.07. The van der Waals surface area contributed by atoms with E-state index >= 15 is 0 Å². The number of nitrogens with zero attached hydrogens (tertiary/aromatic N) is 5. The van der Waals surface area contributed by atoms with Crippen molar-refractivity contribution < 1.29 is 18.3 Å². The minimum Gasteiger partial charge on any atom is -0.468 e. The normalized spacial score (nSPS) is 11.0. The molecule has 0 fully saturated rings. The van der Waals surface area contributed by atoms with Crippen LogP contribution >= 0.6 is 0 Å². The summed E-state index contributed by atoms with van der Waals surface area (Å²) in [5.41, 5.74) is 0.996. The molecule has 0 unspecified atom stereocenters. The quantitative estimate of drug-likeness (QED) is 0.450. The van der Waals surface area contributed by atoms with Crippen molar-refractivity contribution in [3.05, 3.63) is 78.0 Å². The monoisotopic (exact) mass is 412 g/mol. The maximum atomic E-state index is 13.6. The molecular weight excluding hydrogens is 394 g/mol. The third-order valence-corrected chi connectivity index (χ3v) is 4.37. The van der Waals surface area contributed by atoms with Crippen molar-refractivity contribution >= 4 is 11.6 Å². The summed E-state index contributed by atoms with van der Waals surface area (Å²) in [6.07, 6.45) is 4.79. The van der Waals surface area contributed by atoms with E-state index in [1.807, 2.05) is 28.8 Å². The van der Waals surface area contributed by atoms with Crippen LogP contribution in [0, 0.1) is 11.6 Å². The van der Waals surface area contributed by atoms with Crippen LogP contribution in [-0.4, -0.2) is 36.8 Å². The summed E-state index contributed by atoms with van der Waals surface area (Å²) in [5.74, 6) is -1.09. The second kappa shape index (κ2) is 8.68. The molecule has 0 atom stereocenters. The molecule has 0 aliphatic heterocycles. The van der Waals surface area contributed by atoms with Gasteiger partial charge in [-0.25, -0.2) is 13.5 Å². The predicted molar refractivity (Wildman–Crippen MR) is 103 cm³/mol. The molecule has 0 spiro atoms. The highest BCUT2D eigenvalue weighted by Crippen LogP contribution is 2.17. The number of ether oxygens (including phenoxy) is 1. The zero-order valence-electron chi connectivity index (χ0n) is 15.8. The van der Waals surface area contributed by atoms with Crippen molar-refractivity contribution in [1.29, 1.82) is 0 Å². The van der Waals surface area contributed by atoms with Gasteiger partial charge in [-0.15, -0.1) is 10.2 Å². The number of pyridine rings is 1. The fraction of sp³-hybridized carbons (Fsp3) is 0.200. The molecule has 4 rings (SSSR count). The fourth-order valence-corrected chi connectivity index (χ4v) is 2.88. The van der Waals surface area contributed by atoms with Gasteiger partial charge in [0.1, 0.15) is 17.3 Å². The third kappa shape index (κ3) is 4.43. The Morgan fingerprint density at radius 2 is 2.00 bits per heavy atom. The molecule has 0 aliphatic rings. The summed E-state index contributed by atoms with van der Waals surface area (Å²) >= 11 is 0. The topological polar surface area (TPSA) is 86.3 Å². The number of aryl methyl sites for hydroxylation is 1. The van der Waals surface area contributed by atoms with Gasteiger partial charge in [0, 0.05) is 31.4 Å². The third-order valence-electron chi connectivity index (χ3n) is 4.37. The van der Waals surface area contributed by atoms with Crippen LogP contribution in [0.15, 0.2) is 54.9 Å². The molecule has 0 saturated carbocycles. The molecule has 30 heavy (non-hydrogen) atoms. The Bertz CT molecular complexity index is 1170. The van der Waals surface area contributed by atoms with Crippen LogP contribution in [0.25, 0.3) is 5.65 Å². The molecule has 8 nitrogen and oxygen atoms in total. The van der Waals surface area contributed by atoms with Gasteiger partial charge in [-0.1, -0.05) is 6.07 Å². The van der Waals surface area contributed by atoms with Crippen molar-refractivity contribution in [2.45, 2.75) is 19.6 Å². The summed E-state index contributed by atoms with van der Waals surface area (Å²) in [6, 6.07) is 10.2. The van der Waals surface area contributed by atoms with Crippen LogP contribution in [0.5, 0.6) is 5.75 Å². The van der Waals surface area contributed by atoms with E-state index in [1.165, 1.54) is 16.8 Å². The second-order valence-electron chi connectivity index (χ2n) is 6.49. The zero-order chi connectivity index (χ0) is 20.9. The molecule has 0 aliphatic carbocycles. The maximum Gasteiger partial charge on any atom is 0.271 e. The van der Waals surface area contributed by atoms with E-state index in [9.17, 15) is 13.6 Å². The van der Waals surface area contributed by atoms with E-state index < -0.39 is 11.6 Å². The van der Waals surface area contributed by atoms with Crippen LogP contribution in [0.1, 0.15) is 22.7 Å². The first kappa shape index (κ1) is 19.5. The second-order valence-corrected chi connectivity index (χ2v) is 6.49. The highest BCUT2D eigenvalue weighted by atomic mass is 19.1. The van der Waals surface area contributed by atoms with Gasteiger partial charge in [0.2, 0.25) is 0 Å². The van der Waals surface area contributed by atoms with E-state index in [2.05, 4.69) is 20.6 Å². The van der Waals surface area contributed by atoms with Gasteiger partial charge in [0.25, 0.3) is 5.91 Å². The lowest BCUT2D eigenvalue weighted by Crippen LogP contribution is -2.25. The average Bonchev–Trinajstić information content (AvgIpc) is 3.38. The van der Waals surface area contributed by atoms with Gasteiger partial charge >= 0.3 is 0 Å². The molecule has 1 amide bonds. The van der Waals surface area contributed by atoms with Crippen LogP contribution in [0.2, 0.25) is 0 Å². The summed E-state index contributed by atoms with van der Waals surface area (Å²) in [5, 5.41) is 15.1. The minimum absolute atomic E-state index is 0.0982. The zero-order valence-corrected chi connectivity index (χ0v) is 15.8. The first-order valence-corrected chi connectivity index (χ1v) is 9.28. The Hall–Kier alpha value is -3.82. The number of fused-ring (bicyclic) bond motifs is 1. The van der Waals surface area contributed by atoms with E-state index in [0.717, 1.165) is 23.6 Å². The molecule has 10 heteroatoms. The lowest BCUT2D eigenvalue weighted by molar-refractivity contribution is 0.0946. The number of hydrogen-bond donors (Lipinski definition) is 1. The van der Waals surface area contributed by atoms with Crippen molar-refractivity contribution in [3.63, 3.8) is 0 Å². The fourth-order valence-electron chi connectivity index (χ4n) is 2.88. The number of rotatable bonds is 8. The molecule has 1 aromatic carbocycles. The molecule has 1 N–H and O–H groups in total. The predicted octanol–water partition coefficient (Wildman–Crippen LogP) is 2.60. The van der Waals surface area contributed by atoms with Crippen molar-refractivity contribution in [2.75, 3.05) is 6.54 Å². The summed E-state index contributed by atoms with van der Waals surface area (Å²) in [6.45, 7) is 0.334. The molecule has 3 aromatic heterocycles. The van der Waals surface area contributed by atoms with Crippen LogP contribution < -0.4 is 10.1 Å². The molecule has 0 radical (unpaired) electrons. The number of carbonyl (C=O) groups is 1. The Kier molecular flexibility index (Phi) is 5.64. The minimum atomic E-state index is -0.805. The highest BCUT2D eigenvalue weighted by Gasteiger charge is 2.11. The van der Waals surface area contributed by atoms with Crippen LogP contribution in [0.3, 0.4) is 0 Å². The Morgan fingerprint density at radius 3 is 2.87 bits per heavy atom. The van der Waals surface area contributed by atoms with E-state index in [4.69, 9.17) is 4.74 Å². The number of halogens is 2. The average molecular weight is 412 g/mol. The maximum absolute atomic E-state index is 13.6. The van der Waals surface area contributed by atoms with E-state index in [1.54, 1.807) is 6.20 Å². The van der Waals surface area contributed by atoms with Crippen LogP contribution in [0.4, 0.5) is 8.78 Å². The number of benzene rings is 1. The SMILES string of the molecule is O=C(NCCCc1nnc2ccccn12)c1ccn(COc2ccc(F)cc2F)n1. The van der Waals surface area contributed by atoms with Gasteiger partial charge < -0.3 is 10.1 Å². The van der Waals surface area contributed by atoms with E-state index in [-0.39, 0.29) is 24.1 Å². The van der Waals surface area contributed by atoms with Crippen LogP contribution in [-0.2, 0) is 13.2 Å². The molecule has 3 heterocycles. The lowest BCUT2D eigenvalue weighted by atomic mass is 10.3. The Labute approximate surface area is 170 Å². The van der Waals surface area contributed by atoms with Gasteiger partial charge in [-0.2, -0.15) is 5.10 Å². The Balaban J connectivity index is 1.24. The van der Waals surface area contributed by atoms with E-state index in [0.29, 0.717) is 19.4 Å². The van der Waals surface area contributed by atoms with Crippen molar-refractivity contribution in [1.82, 2.24) is 29.7 Å². The molecular formula is C20H18F2N6O2. The van der Waals surface area contributed by atoms with Gasteiger partial charge in [0.05, 0.1) is 0 Å². The summed E-state index contributed by atoms with van der Waals surface area (Å²) in [4.78, 5) is 12.2. The number of hydrogen-bond acceptors (Lipinski definition) is 5. The molecule has 4 aromatic rings. The van der Waals surface area contributed by atoms with Gasteiger partial charge in [0.15, 0.2) is 23.9 Å². The largest absolute Gasteiger partial charge is 0.468 e. The first-order chi connectivity index (χ1) is 14.6. The molecule has 0 bridgehead atoms. The summed E-state index contributed by atoms with van der Waals surface area (Å²) < 4.78 is 35.0. The smallest absolute Gasteiger partial charge is 0.271 e. The summed E-state index contributed by atoms with van der Waals surface area (Å²) in [7, 11) is 0. The van der Waals surface area contributed by atoms with Crippen molar-refractivity contribution in [3.8, 4) is 5.75 Å². The number of aromatic nitrogens is 5. The Morgan fingerprint density at radius 1 is 1.10 bits per heavy atom. The first-order valence-electron chi connectivity index (χ1n) is 9.28. The number of carbonyl (C=O) groups excluding carboxylic acids is 1. The standard InChI is InChI=1S/C20H18F2N6O2/c21-14-6-7-17(15(22)12-14)30-13-27-11-8-16(26-27)20(29)23-9-3-5-19-25-24-18-4-1-2-10-28(18)19/h1-2,4,6-8,10-12H,3,5,9,13H2,(H,23,29). The van der Waals surface area contributed by atoms with Gasteiger partial charge in [-0.3, -0.25) is 9.20 Å². The van der Waals surface area contributed by atoms with Gasteiger partial charge in [-0.05, 0) is 36.8 Å². The molecule has 154 valence electrons. The van der Waals surface area contributed by atoms with Crippen molar-refractivity contribution in [2.24, 2.45) is 0 Å². The molecule has 0 saturated heterocycles.